The van der Waals surface area contributed by atoms with Crippen molar-refractivity contribution < 1.29 is 9.72 Å². The number of benzene rings is 2. The molecule has 2 aromatic rings. The number of nitrogens with zero attached hydrogens (tertiary/aromatic N) is 1. The molecule has 0 aliphatic carbocycles. The van der Waals surface area contributed by atoms with Gasteiger partial charge >= 0.3 is 0 Å². The highest BCUT2D eigenvalue weighted by molar-refractivity contribution is 9.10. The van der Waals surface area contributed by atoms with Crippen molar-refractivity contribution in [2.75, 3.05) is 5.32 Å². The molecule has 0 fully saturated rings. The average molecular weight is 335 g/mol. The van der Waals surface area contributed by atoms with Crippen LogP contribution in [0.4, 0.5) is 11.4 Å². The second-order valence-electron chi connectivity index (χ2n) is 4.22. The molecule has 0 unspecified atom stereocenters. The molecule has 0 aromatic heterocycles. The van der Waals surface area contributed by atoms with Crippen LogP contribution in [0.15, 0.2) is 46.9 Å². The van der Waals surface area contributed by atoms with Gasteiger partial charge in [-0.25, -0.2) is 0 Å². The number of amides is 1. The fraction of sp³-hybridized carbons (Fsp3) is 0.0714. The Morgan fingerprint density at radius 3 is 2.65 bits per heavy atom. The number of nitro groups is 1. The SMILES string of the molecule is Cc1cc(Br)ccc1NC(=O)c1cccc([N+](=O)[O-])c1. The molecule has 0 aliphatic rings. The maximum Gasteiger partial charge on any atom is 0.270 e. The highest BCUT2D eigenvalue weighted by Gasteiger charge is 2.12. The van der Waals surface area contributed by atoms with Gasteiger partial charge in [0.05, 0.1) is 4.92 Å². The second-order valence-corrected chi connectivity index (χ2v) is 5.14. The minimum atomic E-state index is -0.526. The fourth-order valence-electron chi connectivity index (χ4n) is 1.72. The van der Waals surface area contributed by atoms with Crippen LogP contribution in [0, 0.1) is 17.0 Å². The van der Waals surface area contributed by atoms with Crippen LogP contribution >= 0.6 is 15.9 Å². The molecule has 0 heterocycles. The molecular formula is C14H11BrN2O3. The van der Waals surface area contributed by atoms with Gasteiger partial charge in [-0.05, 0) is 36.8 Å². The monoisotopic (exact) mass is 334 g/mol. The van der Waals surface area contributed by atoms with Crippen molar-refractivity contribution in [3.05, 3.63) is 68.2 Å². The van der Waals surface area contributed by atoms with Gasteiger partial charge in [0.1, 0.15) is 0 Å². The molecule has 2 aromatic carbocycles. The summed E-state index contributed by atoms with van der Waals surface area (Å²) >= 11 is 3.35. The van der Waals surface area contributed by atoms with Gasteiger partial charge in [0, 0.05) is 27.9 Å². The Morgan fingerprint density at radius 1 is 1.25 bits per heavy atom. The first kappa shape index (κ1) is 14.2. The highest BCUT2D eigenvalue weighted by Crippen LogP contribution is 2.21. The van der Waals surface area contributed by atoms with E-state index in [2.05, 4.69) is 21.2 Å². The lowest BCUT2D eigenvalue weighted by atomic mass is 10.1. The van der Waals surface area contributed by atoms with Gasteiger partial charge in [-0.2, -0.15) is 0 Å². The van der Waals surface area contributed by atoms with Crippen molar-refractivity contribution in [1.29, 1.82) is 0 Å². The molecule has 0 saturated heterocycles. The van der Waals surface area contributed by atoms with E-state index in [1.165, 1.54) is 24.3 Å². The number of nitrogens with one attached hydrogen (secondary N) is 1. The van der Waals surface area contributed by atoms with E-state index in [1.54, 1.807) is 6.07 Å². The molecule has 1 N–H and O–H groups in total. The molecule has 0 atom stereocenters. The summed E-state index contributed by atoms with van der Waals surface area (Å²) in [7, 11) is 0. The first-order valence-corrected chi connectivity index (χ1v) is 6.58. The number of carbonyl (C=O) groups excluding carboxylic acids is 1. The topological polar surface area (TPSA) is 72.2 Å². The average Bonchev–Trinajstić information content (AvgIpc) is 2.42. The Labute approximate surface area is 123 Å². The van der Waals surface area contributed by atoms with Crippen LogP contribution < -0.4 is 5.32 Å². The first-order chi connectivity index (χ1) is 9.47. The summed E-state index contributed by atoms with van der Waals surface area (Å²) in [6, 6.07) is 11.1. The summed E-state index contributed by atoms with van der Waals surface area (Å²) < 4.78 is 0.920. The predicted molar refractivity (Wildman–Crippen MR) is 79.9 cm³/mol. The van der Waals surface area contributed by atoms with Gasteiger partial charge in [-0.1, -0.05) is 22.0 Å². The van der Waals surface area contributed by atoms with Crippen molar-refractivity contribution in [3.8, 4) is 0 Å². The lowest BCUT2D eigenvalue weighted by molar-refractivity contribution is -0.384. The van der Waals surface area contributed by atoms with E-state index < -0.39 is 4.92 Å². The van der Waals surface area contributed by atoms with Crippen LogP contribution in [-0.4, -0.2) is 10.8 Å². The normalized spacial score (nSPS) is 10.1. The second kappa shape index (κ2) is 5.83. The van der Waals surface area contributed by atoms with Crippen molar-refractivity contribution in [1.82, 2.24) is 0 Å². The number of anilines is 1. The van der Waals surface area contributed by atoms with Crippen LogP contribution in [0.25, 0.3) is 0 Å². The molecule has 5 nitrogen and oxygen atoms in total. The van der Waals surface area contributed by atoms with E-state index in [0.29, 0.717) is 5.69 Å². The summed E-state index contributed by atoms with van der Waals surface area (Å²) in [5.74, 6) is -0.376. The van der Waals surface area contributed by atoms with Crippen LogP contribution in [0.5, 0.6) is 0 Å². The van der Waals surface area contributed by atoms with Gasteiger partial charge in [-0.3, -0.25) is 14.9 Å². The standard InChI is InChI=1S/C14H11BrN2O3/c1-9-7-11(15)5-6-13(9)16-14(18)10-3-2-4-12(8-10)17(19)20/h2-8H,1H3,(H,16,18). The van der Waals surface area contributed by atoms with E-state index in [0.717, 1.165) is 10.0 Å². The molecule has 2 rings (SSSR count). The van der Waals surface area contributed by atoms with E-state index in [9.17, 15) is 14.9 Å². The Hall–Kier alpha value is -2.21. The fourth-order valence-corrected chi connectivity index (χ4v) is 2.20. The lowest BCUT2D eigenvalue weighted by Gasteiger charge is -2.08. The van der Waals surface area contributed by atoms with Crippen LogP contribution in [0.3, 0.4) is 0 Å². The van der Waals surface area contributed by atoms with Crippen molar-refractivity contribution in [3.63, 3.8) is 0 Å². The summed E-state index contributed by atoms with van der Waals surface area (Å²) in [5, 5.41) is 13.4. The predicted octanol–water partition coefficient (Wildman–Crippen LogP) is 3.92. The molecule has 0 spiro atoms. The summed E-state index contributed by atoms with van der Waals surface area (Å²) in [6.45, 7) is 1.87. The largest absolute Gasteiger partial charge is 0.322 e. The molecule has 102 valence electrons. The van der Waals surface area contributed by atoms with Crippen molar-refractivity contribution in [2.24, 2.45) is 0 Å². The maximum atomic E-state index is 12.1. The zero-order chi connectivity index (χ0) is 14.7. The number of aryl methyl sites for hydroxylation is 1. The summed E-state index contributed by atoms with van der Waals surface area (Å²) in [5.41, 5.74) is 1.72. The number of carbonyl (C=O) groups is 1. The van der Waals surface area contributed by atoms with Gasteiger partial charge in [0.2, 0.25) is 0 Å². The number of hydrogen-bond acceptors (Lipinski definition) is 3. The summed E-state index contributed by atoms with van der Waals surface area (Å²) in [4.78, 5) is 22.2. The number of halogens is 1. The molecule has 1 amide bonds. The zero-order valence-corrected chi connectivity index (χ0v) is 12.2. The molecule has 20 heavy (non-hydrogen) atoms. The number of rotatable bonds is 3. The van der Waals surface area contributed by atoms with Gasteiger partial charge in [-0.15, -0.1) is 0 Å². The Bertz CT molecular complexity index is 686. The Kier molecular flexibility index (Phi) is 4.14. The molecule has 6 heteroatoms. The van der Waals surface area contributed by atoms with Gasteiger partial charge in [0.15, 0.2) is 0 Å². The quantitative estimate of drug-likeness (QED) is 0.683. The first-order valence-electron chi connectivity index (χ1n) is 5.79. The zero-order valence-electron chi connectivity index (χ0n) is 10.6. The number of hydrogen-bond donors (Lipinski definition) is 1. The molecule has 0 aliphatic heterocycles. The molecule has 0 bridgehead atoms. The van der Waals surface area contributed by atoms with Crippen molar-refractivity contribution >= 4 is 33.2 Å². The highest BCUT2D eigenvalue weighted by atomic mass is 79.9. The van der Waals surface area contributed by atoms with E-state index >= 15 is 0 Å². The lowest BCUT2D eigenvalue weighted by Crippen LogP contribution is -2.12. The number of non-ortho nitro benzene ring substituents is 1. The molecule has 0 radical (unpaired) electrons. The van der Waals surface area contributed by atoms with E-state index in [4.69, 9.17) is 0 Å². The summed E-state index contributed by atoms with van der Waals surface area (Å²) in [6.07, 6.45) is 0. The minimum absolute atomic E-state index is 0.106. The number of nitro benzene ring substituents is 1. The smallest absolute Gasteiger partial charge is 0.270 e. The third-order valence-electron chi connectivity index (χ3n) is 2.76. The van der Waals surface area contributed by atoms with Gasteiger partial charge in [0.25, 0.3) is 11.6 Å². The van der Waals surface area contributed by atoms with Crippen LogP contribution in [0.1, 0.15) is 15.9 Å². The molecule has 0 saturated carbocycles. The van der Waals surface area contributed by atoms with Crippen molar-refractivity contribution in [2.45, 2.75) is 6.92 Å². The maximum absolute atomic E-state index is 12.1. The van der Waals surface area contributed by atoms with Crippen LogP contribution in [-0.2, 0) is 0 Å². The third-order valence-corrected chi connectivity index (χ3v) is 3.25. The van der Waals surface area contributed by atoms with Gasteiger partial charge < -0.3 is 5.32 Å². The Balaban J connectivity index is 2.24. The molecular weight excluding hydrogens is 324 g/mol. The van der Waals surface area contributed by atoms with E-state index in [1.807, 2.05) is 19.1 Å². The minimum Gasteiger partial charge on any atom is -0.322 e. The Morgan fingerprint density at radius 2 is 2.00 bits per heavy atom. The third kappa shape index (κ3) is 3.21. The van der Waals surface area contributed by atoms with E-state index in [-0.39, 0.29) is 17.2 Å². The van der Waals surface area contributed by atoms with Crippen LogP contribution in [0.2, 0.25) is 0 Å².